The quantitative estimate of drug-likeness (QED) is 0.162. The number of rotatable bonds is 4. The number of thiophene rings is 4. The Morgan fingerprint density at radius 1 is 0.400 bits per heavy atom. The van der Waals surface area contributed by atoms with Crippen LogP contribution < -0.4 is 26.2 Å². The molecule has 0 bridgehead atoms. The van der Waals surface area contributed by atoms with Crippen LogP contribution >= 0.6 is 45.3 Å². The second kappa shape index (κ2) is 14.3. The molecule has 0 unspecified atom stereocenters. The van der Waals surface area contributed by atoms with Crippen LogP contribution in [-0.4, -0.2) is 6.71 Å². The molecule has 0 N–H and O–H groups in total. The lowest BCUT2D eigenvalue weighted by atomic mass is 9.33. The van der Waals surface area contributed by atoms with Gasteiger partial charge in [-0.3, -0.25) is 0 Å². The first-order valence-electron chi connectivity index (χ1n) is 22.5. The smallest absolute Gasteiger partial charge is 0.256 e. The van der Waals surface area contributed by atoms with Crippen molar-refractivity contribution in [3.63, 3.8) is 0 Å². The zero-order chi connectivity index (χ0) is 43.9. The molecular weight excluding hydrogens is 864 g/mol. The molecule has 0 atom stereocenters. The topological polar surface area (TPSA) is 6.48 Å². The fourth-order valence-corrected chi connectivity index (χ4v) is 14.9. The van der Waals surface area contributed by atoms with Gasteiger partial charge in [-0.15, -0.1) is 45.3 Å². The van der Waals surface area contributed by atoms with E-state index in [2.05, 4.69) is 214 Å². The van der Waals surface area contributed by atoms with Crippen molar-refractivity contribution in [2.75, 3.05) is 9.80 Å². The fourth-order valence-electron chi connectivity index (χ4n) is 10.4. The third-order valence-electron chi connectivity index (χ3n) is 13.8. The van der Waals surface area contributed by atoms with Gasteiger partial charge in [0, 0.05) is 63.4 Å². The van der Waals surface area contributed by atoms with E-state index in [9.17, 15) is 0 Å². The predicted octanol–water partition coefficient (Wildman–Crippen LogP) is 16.6. The van der Waals surface area contributed by atoms with Crippen molar-refractivity contribution in [1.29, 1.82) is 0 Å². The summed E-state index contributed by atoms with van der Waals surface area (Å²) in [6.07, 6.45) is 0. The molecule has 0 radical (unpaired) electrons. The number of hydrogen-bond acceptors (Lipinski definition) is 6. The Balaban J connectivity index is 1.11. The summed E-state index contributed by atoms with van der Waals surface area (Å²) in [5.41, 5.74) is 16.9. The number of nitrogens with zero attached hydrogens (tertiary/aromatic N) is 2. The fraction of sp³-hybridized carbons (Fsp3) is 0.138. The van der Waals surface area contributed by atoms with Crippen molar-refractivity contribution in [1.82, 2.24) is 0 Å². The highest BCUT2D eigenvalue weighted by Gasteiger charge is 2.47. The van der Waals surface area contributed by atoms with E-state index in [4.69, 9.17) is 0 Å². The van der Waals surface area contributed by atoms with Crippen LogP contribution in [0.2, 0.25) is 0 Å². The van der Waals surface area contributed by atoms with E-state index in [1.807, 2.05) is 45.3 Å². The van der Waals surface area contributed by atoms with Gasteiger partial charge in [0.05, 0.1) is 10.0 Å². The van der Waals surface area contributed by atoms with Crippen molar-refractivity contribution in [3.05, 3.63) is 174 Å². The summed E-state index contributed by atoms with van der Waals surface area (Å²) < 4.78 is 5.29. The highest BCUT2D eigenvalue weighted by atomic mass is 32.1. The van der Waals surface area contributed by atoms with Gasteiger partial charge in [-0.05, 0) is 132 Å². The van der Waals surface area contributed by atoms with Crippen molar-refractivity contribution in [2.45, 2.75) is 52.4 Å². The maximum absolute atomic E-state index is 2.61. The molecule has 11 aromatic rings. The lowest BCUT2D eigenvalue weighted by molar-refractivity contribution is 0.591. The normalized spacial score (nSPS) is 13.6. The van der Waals surface area contributed by atoms with Gasteiger partial charge in [0.15, 0.2) is 0 Å². The highest BCUT2D eigenvalue weighted by molar-refractivity contribution is 7.29. The van der Waals surface area contributed by atoms with Crippen LogP contribution in [0.15, 0.2) is 162 Å². The van der Waals surface area contributed by atoms with Crippen LogP contribution in [0.5, 0.6) is 0 Å². The largest absolute Gasteiger partial charge is 0.303 e. The summed E-state index contributed by atoms with van der Waals surface area (Å²) in [6.45, 7) is 14.1. The van der Waals surface area contributed by atoms with Crippen molar-refractivity contribution < 1.29 is 0 Å². The minimum atomic E-state index is 0.00206. The average Bonchev–Trinajstić information content (AvgIpc) is 4.11. The molecule has 13 rings (SSSR count). The van der Waals surface area contributed by atoms with Crippen LogP contribution in [0.4, 0.5) is 32.8 Å². The van der Waals surface area contributed by atoms with Gasteiger partial charge in [-0.2, -0.15) is 0 Å². The van der Waals surface area contributed by atoms with E-state index >= 15 is 0 Å². The molecule has 65 heavy (non-hydrogen) atoms. The molecule has 7 heteroatoms. The molecule has 2 nitrogen and oxygen atoms in total. The maximum Gasteiger partial charge on any atom is 0.256 e. The minimum absolute atomic E-state index is 0.00206. The molecule has 314 valence electrons. The monoisotopic (exact) mass is 908 g/mol. The molecule has 2 aliphatic heterocycles. The van der Waals surface area contributed by atoms with Crippen LogP contribution in [0, 0.1) is 0 Å². The summed E-state index contributed by atoms with van der Waals surface area (Å²) in [5.74, 6) is 0. The first kappa shape index (κ1) is 39.4. The first-order valence-corrected chi connectivity index (χ1v) is 25.9. The number of benzene rings is 7. The Morgan fingerprint density at radius 3 is 1.31 bits per heavy atom. The zero-order valence-corrected chi connectivity index (χ0v) is 40.5. The van der Waals surface area contributed by atoms with Crippen molar-refractivity contribution in [2.24, 2.45) is 0 Å². The summed E-state index contributed by atoms with van der Waals surface area (Å²) in [7, 11) is 0. The number of anilines is 6. The molecule has 4 aromatic heterocycles. The van der Waals surface area contributed by atoms with Crippen LogP contribution in [0.1, 0.15) is 52.7 Å². The number of fused-ring (bicyclic) bond motifs is 10. The van der Waals surface area contributed by atoms with Gasteiger partial charge in [-0.25, -0.2) is 0 Å². The Hall–Kier alpha value is -5.96. The second-order valence-electron chi connectivity index (χ2n) is 19.8. The molecule has 0 spiro atoms. The number of hydrogen-bond donors (Lipinski definition) is 0. The second-order valence-corrected chi connectivity index (χ2v) is 23.7. The van der Waals surface area contributed by atoms with Gasteiger partial charge in [0.2, 0.25) is 0 Å². The third kappa shape index (κ3) is 6.02. The van der Waals surface area contributed by atoms with Crippen LogP contribution in [0.3, 0.4) is 0 Å². The highest BCUT2D eigenvalue weighted by Crippen LogP contribution is 2.52. The van der Waals surface area contributed by atoms with Crippen molar-refractivity contribution in [3.8, 4) is 22.3 Å². The Morgan fingerprint density at radius 2 is 0.846 bits per heavy atom. The van der Waals surface area contributed by atoms with E-state index in [-0.39, 0.29) is 17.5 Å². The minimum Gasteiger partial charge on any atom is -0.303 e. The standard InChI is InChI=1S/C58H45BN2S4/c1-57(2,3)36-24-26-50-42(30-36)52-55(64-50)60(38-16-11-14-34(28-38)44-32-62-48-22-9-7-18-40(44)48)46-20-13-21-47-54(46)59(52)53-43-31-37(58(4,5)6)25-27-51(43)65-56(53)61(47)39-17-12-15-35(29-39)45-33-63-49-23-10-8-19-41(45)49/h7-33H,1-6H3. The van der Waals surface area contributed by atoms with E-state index in [1.165, 1.54) is 123 Å². The maximum atomic E-state index is 2.61. The summed E-state index contributed by atoms with van der Waals surface area (Å²) >= 11 is 7.55. The van der Waals surface area contributed by atoms with Crippen molar-refractivity contribution >= 4 is 142 Å². The summed E-state index contributed by atoms with van der Waals surface area (Å²) in [5, 5.41) is 12.6. The molecule has 0 amide bonds. The lowest BCUT2D eigenvalue weighted by Gasteiger charge is -2.42. The molecule has 6 heterocycles. The molecule has 0 saturated heterocycles. The van der Waals surface area contributed by atoms with E-state index < -0.39 is 0 Å². The molecule has 0 aliphatic carbocycles. The van der Waals surface area contributed by atoms with Crippen LogP contribution in [0.25, 0.3) is 62.6 Å². The lowest BCUT2D eigenvalue weighted by Crippen LogP contribution is -2.60. The van der Waals surface area contributed by atoms with Gasteiger partial charge in [0.25, 0.3) is 6.71 Å². The molecule has 0 fully saturated rings. The Kier molecular flexibility index (Phi) is 8.65. The SMILES string of the molecule is CC(C)(C)c1ccc2sc3c(c2c1)B1c2c(cccc2N(c2cccc(-c4csc5ccccc45)c2)c2sc4ccc(C(C)(C)C)cc4c21)N3c1cccc(-c2csc3ccccc23)c1. The molecule has 0 saturated carbocycles. The van der Waals surface area contributed by atoms with Crippen LogP contribution in [-0.2, 0) is 10.8 Å². The Bertz CT molecular complexity index is 3500. The predicted molar refractivity (Wildman–Crippen MR) is 290 cm³/mol. The van der Waals surface area contributed by atoms with Gasteiger partial charge in [-0.1, -0.05) is 133 Å². The van der Waals surface area contributed by atoms with Gasteiger partial charge >= 0.3 is 0 Å². The van der Waals surface area contributed by atoms with E-state index in [0.717, 1.165) is 0 Å². The summed E-state index contributed by atoms with van der Waals surface area (Å²) in [4.78, 5) is 5.22. The summed E-state index contributed by atoms with van der Waals surface area (Å²) in [6, 6.07) is 57.9. The first-order chi connectivity index (χ1) is 31.5. The molecule has 2 aliphatic rings. The third-order valence-corrected chi connectivity index (χ3v) is 18.0. The van der Waals surface area contributed by atoms with E-state index in [0.29, 0.717) is 0 Å². The average molecular weight is 909 g/mol. The zero-order valence-electron chi connectivity index (χ0n) is 37.2. The van der Waals surface area contributed by atoms with Gasteiger partial charge in [0.1, 0.15) is 0 Å². The molecular formula is C58H45BN2S4. The molecule has 7 aromatic carbocycles. The van der Waals surface area contributed by atoms with E-state index in [1.54, 1.807) is 0 Å². The Labute approximate surface area is 396 Å². The van der Waals surface area contributed by atoms with Gasteiger partial charge < -0.3 is 9.80 Å².